The van der Waals surface area contributed by atoms with Crippen molar-refractivity contribution in [3.8, 4) is 0 Å². The molecule has 0 radical (unpaired) electrons. The Morgan fingerprint density at radius 1 is 1.14 bits per heavy atom. The van der Waals surface area contributed by atoms with Crippen LogP contribution in [0.2, 0.25) is 0 Å². The van der Waals surface area contributed by atoms with E-state index < -0.39 is 9.84 Å². The molecule has 1 N–H and O–H groups in total. The lowest BCUT2D eigenvalue weighted by Gasteiger charge is -2.15. The molecule has 9 heteroatoms. The molecule has 0 saturated heterocycles. The van der Waals surface area contributed by atoms with Crippen LogP contribution in [-0.4, -0.2) is 35.6 Å². The average Bonchev–Trinajstić information content (AvgIpc) is 2.67. The Bertz CT molecular complexity index is 1170. The van der Waals surface area contributed by atoms with Crippen molar-refractivity contribution < 1.29 is 13.2 Å². The molecule has 1 heterocycles. The first kappa shape index (κ1) is 19.7. The van der Waals surface area contributed by atoms with Crippen molar-refractivity contribution in [2.75, 3.05) is 6.26 Å². The molecule has 146 valence electrons. The van der Waals surface area contributed by atoms with Gasteiger partial charge in [-0.05, 0) is 36.8 Å². The predicted octanol–water partition coefficient (Wildman–Crippen LogP) is 1.46. The van der Waals surface area contributed by atoms with Crippen LogP contribution >= 0.6 is 0 Å². The molecule has 0 saturated carbocycles. The van der Waals surface area contributed by atoms with E-state index in [1.54, 1.807) is 43.3 Å². The summed E-state index contributed by atoms with van der Waals surface area (Å²) in [5.41, 5.74) is 1.01. The van der Waals surface area contributed by atoms with Crippen LogP contribution in [0.4, 0.5) is 0 Å². The van der Waals surface area contributed by atoms with Gasteiger partial charge in [0, 0.05) is 12.7 Å². The molecule has 1 aromatic heterocycles. The number of fused-ring (bicyclic) bond motifs is 1. The van der Waals surface area contributed by atoms with E-state index in [2.05, 4.69) is 15.6 Å². The van der Waals surface area contributed by atoms with E-state index in [4.69, 9.17) is 0 Å². The fraction of sp³-hybridized carbons (Fsp3) is 0.263. The van der Waals surface area contributed by atoms with Gasteiger partial charge in [0.05, 0.1) is 22.9 Å². The molecule has 3 aromatic rings. The monoisotopic (exact) mass is 400 g/mol. The van der Waals surface area contributed by atoms with Gasteiger partial charge in [-0.1, -0.05) is 29.5 Å². The number of carbonyl (C=O) groups excluding carboxylic acids is 1. The number of benzene rings is 2. The minimum absolute atomic E-state index is 0.0681. The summed E-state index contributed by atoms with van der Waals surface area (Å²) in [5.74, 6) is -0.249. The Balaban J connectivity index is 1.63. The van der Waals surface area contributed by atoms with E-state index in [9.17, 15) is 18.0 Å². The van der Waals surface area contributed by atoms with Gasteiger partial charge in [0.15, 0.2) is 9.84 Å². The molecule has 2 aromatic carbocycles. The van der Waals surface area contributed by atoms with E-state index in [0.29, 0.717) is 10.9 Å². The molecule has 0 aliphatic heterocycles. The van der Waals surface area contributed by atoms with Crippen LogP contribution in [-0.2, 0) is 21.2 Å². The minimum atomic E-state index is -3.26. The summed E-state index contributed by atoms with van der Waals surface area (Å²) < 4.78 is 24.2. The van der Waals surface area contributed by atoms with Crippen molar-refractivity contribution in [1.82, 2.24) is 20.3 Å². The lowest BCUT2D eigenvalue weighted by atomic mass is 10.1. The zero-order valence-electron chi connectivity index (χ0n) is 15.5. The standard InChI is InChI=1S/C19H20N4O4S/c1-13(14-7-9-15(10-8-14)28(2,26)27)20-18(24)11-12-23-19(25)16-5-3-4-6-17(16)21-22-23/h3-10,13H,11-12H2,1-2H3,(H,20,24). The summed E-state index contributed by atoms with van der Waals surface area (Å²) in [6.45, 7) is 1.91. The number of rotatable bonds is 6. The van der Waals surface area contributed by atoms with Gasteiger partial charge < -0.3 is 5.32 Å². The maximum absolute atomic E-state index is 12.4. The fourth-order valence-electron chi connectivity index (χ4n) is 2.78. The third-order valence-electron chi connectivity index (χ3n) is 4.37. The smallest absolute Gasteiger partial charge is 0.277 e. The Morgan fingerprint density at radius 2 is 1.82 bits per heavy atom. The number of amides is 1. The number of hydrogen-bond donors (Lipinski definition) is 1. The molecule has 0 spiro atoms. The van der Waals surface area contributed by atoms with Crippen molar-refractivity contribution in [1.29, 1.82) is 0 Å². The number of sulfone groups is 1. The molecular weight excluding hydrogens is 380 g/mol. The largest absolute Gasteiger partial charge is 0.350 e. The first-order chi connectivity index (χ1) is 13.3. The highest BCUT2D eigenvalue weighted by Crippen LogP contribution is 2.16. The van der Waals surface area contributed by atoms with Gasteiger partial charge in [0.1, 0.15) is 5.52 Å². The van der Waals surface area contributed by atoms with E-state index in [1.807, 2.05) is 0 Å². The number of nitrogens with zero attached hydrogens (tertiary/aromatic N) is 3. The number of hydrogen-bond acceptors (Lipinski definition) is 6. The Labute approximate surface area is 162 Å². The molecule has 0 bridgehead atoms. The summed E-state index contributed by atoms with van der Waals surface area (Å²) in [6, 6.07) is 13.0. The molecule has 0 aliphatic rings. The van der Waals surface area contributed by atoms with Gasteiger partial charge in [-0.3, -0.25) is 9.59 Å². The third kappa shape index (κ3) is 4.42. The molecule has 28 heavy (non-hydrogen) atoms. The number of aryl methyl sites for hydroxylation is 1. The second kappa shape index (κ2) is 7.89. The first-order valence-corrected chi connectivity index (χ1v) is 10.6. The van der Waals surface area contributed by atoms with Crippen molar-refractivity contribution in [2.45, 2.75) is 30.8 Å². The fourth-order valence-corrected chi connectivity index (χ4v) is 3.41. The lowest BCUT2D eigenvalue weighted by molar-refractivity contribution is -0.122. The van der Waals surface area contributed by atoms with Gasteiger partial charge in [0.2, 0.25) is 5.91 Å². The van der Waals surface area contributed by atoms with Crippen molar-refractivity contribution in [3.63, 3.8) is 0 Å². The van der Waals surface area contributed by atoms with Gasteiger partial charge in [-0.2, -0.15) is 0 Å². The number of nitrogens with one attached hydrogen (secondary N) is 1. The minimum Gasteiger partial charge on any atom is -0.350 e. The second-order valence-corrected chi connectivity index (χ2v) is 8.53. The third-order valence-corrected chi connectivity index (χ3v) is 5.49. The Kier molecular flexibility index (Phi) is 5.55. The average molecular weight is 400 g/mol. The molecule has 0 aliphatic carbocycles. The maximum atomic E-state index is 12.4. The van der Waals surface area contributed by atoms with Crippen LogP contribution in [0.1, 0.15) is 24.9 Å². The van der Waals surface area contributed by atoms with Crippen molar-refractivity contribution >= 4 is 26.6 Å². The molecule has 3 rings (SSSR count). The Hall–Kier alpha value is -3.07. The highest BCUT2D eigenvalue weighted by atomic mass is 32.2. The van der Waals surface area contributed by atoms with Gasteiger partial charge in [-0.15, -0.1) is 5.10 Å². The van der Waals surface area contributed by atoms with Crippen molar-refractivity contribution in [2.24, 2.45) is 0 Å². The van der Waals surface area contributed by atoms with Crippen LogP contribution in [0.3, 0.4) is 0 Å². The molecule has 1 atom stereocenters. The summed E-state index contributed by atoms with van der Waals surface area (Å²) in [5, 5.41) is 11.1. The van der Waals surface area contributed by atoms with Crippen LogP contribution in [0.5, 0.6) is 0 Å². The van der Waals surface area contributed by atoms with E-state index in [0.717, 1.165) is 11.8 Å². The molecule has 1 amide bonds. The summed E-state index contributed by atoms with van der Waals surface area (Å²) in [6.07, 6.45) is 1.21. The van der Waals surface area contributed by atoms with Gasteiger partial charge in [-0.25, -0.2) is 13.1 Å². The molecular formula is C19H20N4O4S. The Morgan fingerprint density at radius 3 is 2.50 bits per heavy atom. The van der Waals surface area contributed by atoms with Crippen LogP contribution < -0.4 is 10.9 Å². The number of carbonyl (C=O) groups is 1. The molecule has 0 fully saturated rings. The topological polar surface area (TPSA) is 111 Å². The normalized spacial score (nSPS) is 12.6. The number of aromatic nitrogens is 3. The van der Waals surface area contributed by atoms with E-state index in [-0.39, 0.29) is 35.4 Å². The van der Waals surface area contributed by atoms with E-state index in [1.165, 1.54) is 16.8 Å². The zero-order valence-corrected chi connectivity index (χ0v) is 16.3. The van der Waals surface area contributed by atoms with E-state index >= 15 is 0 Å². The van der Waals surface area contributed by atoms with Crippen LogP contribution in [0.25, 0.3) is 10.9 Å². The van der Waals surface area contributed by atoms with Crippen molar-refractivity contribution in [3.05, 3.63) is 64.4 Å². The summed E-state index contributed by atoms with van der Waals surface area (Å²) in [7, 11) is -3.26. The van der Waals surface area contributed by atoms with Gasteiger partial charge in [0.25, 0.3) is 5.56 Å². The molecule has 8 nitrogen and oxygen atoms in total. The van der Waals surface area contributed by atoms with Crippen LogP contribution in [0.15, 0.2) is 58.2 Å². The van der Waals surface area contributed by atoms with Crippen LogP contribution in [0, 0.1) is 0 Å². The highest BCUT2D eigenvalue weighted by Gasteiger charge is 2.13. The highest BCUT2D eigenvalue weighted by molar-refractivity contribution is 7.90. The van der Waals surface area contributed by atoms with Gasteiger partial charge >= 0.3 is 0 Å². The quantitative estimate of drug-likeness (QED) is 0.671. The zero-order chi connectivity index (χ0) is 20.3. The summed E-state index contributed by atoms with van der Waals surface area (Å²) >= 11 is 0. The predicted molar refractivity (Wildman–Crippen MR) is 105 cm³/mol. The first-order valence-electron chi connectivity index (χ1n) is 8.67. The second-order valence-electron chi connectivity index (χ2n) is 6.52. The lowest BCUT2D eigenvalue weighted by Crippen LogP contribution is -2.30. The molecule has 1 unspecified atom stereocenters. The SMILES string of the molecule is CC(NC(=O)CCn1nnc2ccccc2c1=O)c1ccc(S(C)(=O)=O)cc1. The summed E-state index contributed by atoms with van der Waals surface area (Å²) in [4.78, 5) is 24.8. The maximum Gasteiger partial charge on any atom is 0.277 e.